The Morgan fingerprint density at radius 3 is 2.72 bits per heavy atom. The first-order valence-electron chi connectivity index (χ1n) is 6.63. The van der Waals surface area contributed by atoms with Gasteiger partial charge in [-0.1, -0.05) is 6.92 Å². The molecule has 1 saturated heterocycles. The Kier molecular flexibility index (Phi) is 5.01. The summed E-state index contributed by atoms with van der Waals surface area (Å²) in [7, 11) is 0. The van der Waals surface area contributed by atoms with E-state index in [1.165, 1.54) is 25.1 Å². The molecule has 18 heavy (non-hydrogen) atoms. The van der Waals surface area contributed by atoms with E-state index in [0.29, 0.717) is 6.04 Å². The first kappa shape index (κ1) is 13.8. The molecule has 2 rings (SSSR count). The second kappa shape index (κ2) is 6.53. The Balaban J connectivity index is 1.87. The molecule has 1 aromatic rings. The summed E-state index contributed by atoms with van der Waals surface area (Å²) >= 11 is 3.40. The molecule has 0 unspecified atom stereocenters. The molecule has 0 atom stereocenters. The number of halogens is 2. The molecule has 1 fully saturated rings. The average molecular weight is 315 g/mol. The van der Waals surface area contributed by atoms with Crippen LogP contribution in [-0.4, -0.2) is 30.6 Å². The van der Waals surface area contributed by atoms with Gasteiger partial charge in [0.15, 0.2) is 0 Å². The normalized spacial score (nSPS) is 17.9. The van der Waals surface area contributed by atoms with E-state index in [1.807, 2.05) is 0 Å². The summed E-state index contributed by atoms with van der Waals surface area (Å²) < 4.78 is 13.8. The van der Waals surface area contributed by atoms with Crippen LogP contribution in [0.4, 0.5) is 10.1 Å². The van der Waals surface area contributed by atoms with Crippen LogP contribution in [0.5, 0.6) is 0 Å². The molecule has 0 amide bonds. The van der Waals surface area contributed by atoms with Crippen molar-refractivity contribution >= 4 is 21.6 Å². The van der Waals surface area contributed by atoms with E-state index in [2.05, 4.69) is 33.1 Å². The molecule has 0 saturated carbocycles. The largest absolute Gasteiger partial charge is 0.381 e. The third kappa shape index (κ3) is 3.69. The minimum atomic E-state index is -0.204. The van der Waals surface area contributed by atoms with Crippen LogP contribution in [0, 0.1) is 5.82 Å². The average Bonchev–Trinajstić information content (AvgIpc) is 2.35. The van der Waals surface area contributed by atoms with Crippen molar-refractivity contribution in [1.82, 2.24) is 4.90 Å². The number of likely N-dealkylation sites (tertiary alicyclic amines) is 1. The quantitative estimate of drug-likeness (QED) is 0.907. The molecule has 1 aromatic carbocycles. The summed E-state index contributed by atoms with van der Waals surface area (Å²) in [4.78, 5) is 2.51. The summed E-state index contributed by atoms with van der Waals surface area (Å²) in [5.41, 5.74) is 0.991. The second-order valence-electron chi connectivity index (χ2n) is 4.88. The zero-order chi connectivity index (χ0) is 13.0. The second-order valence-corrected chi connectivity index (χ2v) is 5.74. The van der Waals surface area contributed by atoms with E-state index < -0.39 is 0 Å². The van der Waals surface area contributed by atoms with Gasteiger partial charge in [0, 0.05) is 29.3 Å². The van der Waals surface area contributed by atoms with Crippen molar-refractivity contribution in [3.8, 4) is 0 Å². The lowest BCUT2D eigenvalue weighted by atomic mass is 10.0. The van der Waals surface area contributed by atoms with Crippen LogP contribution in [0.1, 0.15) is 26.2 Å². The van der Waals surface area contributed by atoms with E-state index in [0.717, 1.165) is 36.1 Å². The van der Waals surface area contributed by atoms with Crippen molar-refractivity contribution in [3.05, 3.63) is 28.5 Å². The lowest BCUT2D eigenvalue weighted by Gasteiger charge is -2.32. The van der Waals surface area contributed by atoms with Crippen LogP contribution >= 0.6 is 15.9 Å². The molecule has 0 aliphatic carbocycles. The van der Waals surface area contributed by atoms with Crippen molar-refractivity contribution < 1.29 is 4.39 Å². The van der Waals surface area contributed by atoms with Gasteiger partial charge in [0.25, 0.3) is 0 Å². The van der Waals surface area contributed by atoms with Gasteiger partial charge in [-0.3, -0.25) is 0 Å². The van der Waals surface area contributed by atoms with Crippen molar-refractivity contribution in [2.24, 2.45) is 0 Å². The predicted octanol–water partition coefficient (Wildman–Crippen LogP) is 3.87. The lowest BCUT2D eigenvalue weighted by molar-refractivity contribution is 0.219. The Hall–Kier alpha value is -0.610. The number of nitrogens with one attached hydrogen (secondary N) is 1. The molecule has 4 heteroatoms. The minimum Gasteiger partial charge on any atom is -0.381 e. The molecule has 0 spiro atoms. The highest BCUT2D eigenvalue weighted by Gasteiger charge is 2.18. The number of anilines is 1. The Morgan fingerprint density at radius 1 is 1.39 bits per heavy atom. The molecule has 0 aromatic heterocycles. The standard InChI is InChI=1S/C14H20BrFN2/c1-2-7-18-8-5-12(6-9-18)17-14-4-3-11(16)10-13(14)15/h3-4,10,12,17H,2,5-9H2,1H3. The monoisotopic (exact) mass is 314 g/mol. The number of piperidine rings is 1. The fourth-order valence-electron chi connectivity index (χ4n) is 2.44. The van der Waals surface area contributed by atoms with Crippen molar-refractivity contribution in [1.29, 1.82) is 0 Å². The van der Waals surface area contributed by atoms with Crippen LogP contribution in [0.2, 0.25) is 0 Å². The Morgan fingerprint density at radius 2 is 2.11 bits per heavy atom. The summed E-state index contributed by atoms with van der Waals surface area (Å²) in [6, 6.07) is 5.31. The molecule has 1 aliphatic rings. The van der Waals surface area contributed by atoms with Crippen molar-refractivity contribution in [2.75, 3.05) is 25.0 Å². The molecule has 1 aliphatic heterocycles. The Labute approximate surface area is 117 Å². The predicted molar refractivity (Wildman–Crippen MR) is 77.5 cm³/mol. The number of rotatable bonds is 4. The number of hydrogen-bond acceptors (Lipinski definition) is 2. The number of hydrogen-bond donors (Lipinski definition) is 1. The highest BCUT2D eigenvalue weighted by molar-refractivity contribution is 9.10. The van der Waals surface area contributed by atoms with Crippen molar-refractivity contribution in [3.63, 3.8) is 0 Å². The van der Waals surface area contributed by atoms with E-state index in [4.69, 9.17) is 0 Å². The summed E-state index contributed by atoms with van der Waals surface area (Å²) in [5, 5.41) is 3.50. The lowest BCUT2D eigenvalue weighted by Crippen LogP contribution is -2.39. The molecular weight excluding hydrogens is 295 g/mol. The SMILES string of the molecule is CCCN1CCC(Nc2ccc(F)cc2Br)CC1. The number of nitrogens with zero attached hydrogens (tertiary/aromatic N) is 1. The Bertz CT molecular complexity index is 389. The van der Waals surface area contributed by atoms with Gasteiger partial charge < -0.3 is 10.2 Å². The maximum absolute atomic E-state index is 13.0. The zero-order valence-corrected chi connectivity index (χ0v) is 12.3. The van der Waals surface area contributed by atoms with Gasteiger partial charge in [-0.15, -0.1) is 0 Å². The fraction of sp³-hybridized carbons (Fsp3) is 0.571. The highest BCUT2D eigenvalue weighted by atomic mass is 79.9. The van der Waals surface area contributed by atoms with Gasteiger partial charge in [0.05, 0.1) is 0 Å². The molecule has 1 heterocycles. The maximum atomic E-state index is 13.0. The van der Waals surface area contributed by atoms with E-state index in [-0.39, 0.29) is 5.82 Å². The van der Waals surface area contributed by atoms with Gasteiger partial charge >= 0.3 is 0 Å². The number of benzene rings is 1. The third-order valence-corrected chi connectivity index (χ3v) is 4.07. The van der Waals surface area contributed by atoms with Crippen LogP contribution in [-0.2, 0) is 0 Å². The minimum absolute atomic E-state index is 0.204. The molecular formula is C14H20BrFN2. The topological polar surface area (TPSA) is 15.3 Å². The molecule has 0 radical (unpaired) electrons. The van der Waals surface area contributed by atoms with Crippen LogP contribution in [0.15, 0.2) is 22.7 Å². The molecule has 100 valence electrons. The third-order valence-electron chi connectivity index (χ3n) is 3.42. The smallest absolute Gasteiger partial charge is 0.124 e. The maximum Gasteiger partial charge on any atom is 0.124 e. The molecule has 0 bridgehead atoms. The van der Waals surface area contributed by atoms with Crippen LogP contribution < -0.4 is 5.32 Å². The van der Waals surface area contributed by atoms with Gasteiger partial charge in [0.2, 0.25) is 0 Å². The van der Waals surface area contributed by atoms with Gasteiger partial charge in [-0.05, 0) is 59.9 Å². The fourth-order valence-corrected chi connectivity index (χ4v) is 2.91. The van der Waals surface area contributed by atoms with Gasteiger partial charge in [-0.2, -0.15) is 0 Å². The van der Waals surface area contributed by atoms with Gasteiger partial charge in [-0.25, -0.2) is 4.39 Å². The highest BCUT2D eigenvalue weighted by Crippen LogP contribution is 2.25. The van der Waals surface area contributed by atoms with E-state index in [1.54, 1.807) is 6.07 Å². The van der Waals surface area contributed by atoms with Crippen LogP contribution in [0.3, 0.4) is 0 Å². The van der Waals surface area contributed by atoms with E-state index in [9.17, 15) is 4.39 Å². The van der Waals surface area contributed by atoms with Crippen molar-refractivity contribution in [2.45, 2.75) is 32.2 Å². The first-order valence-corrected chi connectivity index (χ1v) is 7.42. The summed E-state index contributed by atoms with van der Waals surface area (Å²) in [6.45, 7) is 5.74. The first-order chi connectivity index (χ1) is 8.69. The summed E-state index contributed by atoms with van der Waals surface area (Å²) in [6.07, 6.45) is 3.54. The molecule has 1 N–H and O–H groups in total. The molecule has 2 nitrogen and oxygen atoms in total. The van der Waals surface area contributed by atoms with Crippen LogP contribution in [0.25, 0.3) is 0 Å². The zero-order valence-electron chi connectivity index (χ0n) is 10.8. The van der Waals surface area contributed by atoms with Gasteiger partial charge in [0.1, 0.15) is 5.82 Å². The van der Waals surface area contributed by atoms with E-state index >= 15 is 0 Å². The summed E-state index contributed by atoms with van der Waals surface area (Å²) in [5.74, 6) is -0.204.